The van der Waals surface area contributed by atoms with Crippen LogP contribution in [0, 0.1) is 5.92 Å². The molecule has 0 unspecified atom stereocenters. The number of carbonyl (C=O) groups is 2. The fourth-order valence-electron chi connectivity index (χ4n) is 1.89. The molecule has 0 saturated heterocycles. The molecular formula is C13H11NO5. The zero-order valence-electron chi connectivity index (χ0n) is 9.78. The van der Waals surface area contributed by atoms with Gasteiger partial charge in [0.25, 0.3) is 0 Å². The number of hydrogen-bond acceptors (Lipinski definition) is 4. The van der Waals surface area contributed by atoms with E-state index in [1.807, 2.05) is 0 Å². The first-order valence-electron chi connectivity index (χ1n) is 5.52. The lowest BCUT2D eigenvalue weighted by Gasteiger charge is -2.10. The van der Waals surface area contributed by atoms with Crippen LogP contribution < -0.4 is 0 Å². The maximum atomic E-state index is 10.9. The Labute approximate surface area is 107 Å². The van der Waals surface area contributed by atoms with Crippen LogP contribution in [0.4, 0.5) is 0 Å². The molecule has 0 saturated carbocycles. The minimum atomic E-state index is -1.52. The highest BCUT2D eigenvalue weighted by molar-refractivity contribution is 5.94. The lowest BCUT2D eigenvalue weighted by molar-refractivity contribution is -0.154. The van der Waals surface area contributed by atoms with Gasteiger partial charge in [-0.05, 0) is 24.1 Å². The number of benzene rings is 1. The van der Waals surface area contributed by atoms with Crippen molar-refractivity contribution in [2.75, 3.05) is 0 Å². The van der Waals surface area contributed by atoms with Crippen LogP contribution in [0.3, 0.4) is 0 Å². The maximum Gasteiger partial charge on any atom is 0.318 e. The third-order valence-electron chi connectivity index (χ3n) is 2.86. The lowest BCUT2D eigenvalue weighted by atomic mass is 9.96. The fraction of sp³-hybridized carbons (Fsp3) is 0.154. The van der Waals surface area contributed by atoms with Gasteiger partial charge in [-0.15, -0.1) is 0 Å². The van der Waals surface area contributed by atoms with Crippen molar-refractivity contribution in [2.24, 2.45) is 5.92 Å². The average Bonchev–Trinajstić information content (AvgIpc) is 2.37. The van der Waals surface area contributed by atoms with Gasteiger partial charge in [0.15, 0.2) is 5.92 Å². The molecule has 0 radical (unpaired) electrons. The zero-order chi connectivity index (χ0) is 14.0. The molecule has 1 aromatic carbocycles. The highest BCUT2D eigenvalue weighted by Crippen LogP contribution is 2.27. The number of hydrogen-bond donors (Lipinski definition) is 3. The van der Waals surface area contributed by atoms with Gasteiger partial charge < -0.3 is 15.3 Å². The SMILES string of the molecule is O=C(O)C(Cc1ccc(O)c2ncccc12)C(=O)O. The molecule has 3 N–H and O–H groups in total. The number of aliphatic carboxylic acids is 2. The predicted octanol–water partition coefficient (Wildman–Crippen LogP) is 1.27. The highest BCUT2D eigenvalue weighted by atomic mass is 16.4. The van der Waals surface area contributed by atoms with E-state index in [2.05, 4.69) is 4.98 Å². The van der Waals surface area contributed by atoms with E-state index in [0.717, 1.165) is 0 Å². The summed E-state index contributed by atoms with van der Waals surface area (Å²) in [4.78, 5) is 25.8. The summed E-state index contributed by atoms with van der Waals surface area (Å²) in [6.45, 7) is 0. The second-order valence-corrected chi connectivity index (χ2v) is 4.08. The first-order chi connectivity index (χ1) is 9.00. The van der Waals surface area contributed by atoms with E-state index in [1.165, 1.54) is 18.3 Å². The molecule has 0 aliphatic heterocycles. The molecule has 2 aromatic rings. The van der Waals surface area contributed by atoms with Crippen molar-refractivity contribution in [2.45, 2.75) is 6.42 Å². The molecule has 0 spiro atoms. The third-order valence-corrected chi connectivity index (χ3v) is 2.86. The Bertz CT molecular complexity index is 639. The summed E-state index contributed by atoms with van der Waals surface area (Å²) in [7, 11) is 0. The van der Waals surface area contributed by atoms with E-state index in [-0.39, 0.29) is 12.2 Å². The molecule has 0 aliphatic rings. The number of phenolic OH excluding ortho intramolecular Hbond substituents is 1. The molecule has 98 valence electrons. The molecule has 0 amide bonds. The fourth-order valence-corrected chi connectivity index (χ4v) is 1.89. The third kappa shape index (κ3) is 2.47. The van der Waals surface area contributed by atoms with Gasteiger partial charge in [0.1, 0.15) is 11.3 Å². The summed E-state index contributed by atoms with van der Waals surface area (Å²) >= 11 is 0. The van der Waals surface area contributed by atoms with E-state index < -0.39 is 17.9 Å². The minimum Gasteiger partial charge on any atom is -0.506 e. The van der Waals surface area contributed by atoms with Crippen molar-refractivity contribution in [3.8, 4) is 5.75 Å². The van der Waals surface area contributed by atoms with Crippen molar-refractivity contribution >= 4 is 22.8 Å². The number of carboxylic acid groups (broad SMARTS) is 2. The van der Waals surface area contributed by atoms with Crippen molar-refractivity contribution in [3.63, 3.8) is 0 Å². The van der Waals surface area contributed by atoms with Crippen LogP contribution in [0.2, 0.25) is 0 Å². The van der Waals surface area contributed by atoms with Crippen molar-refractivity contribution in [1.29, 1.82) is 0 Å². The Morgan fingerprint density at radius 3 is 2.47 bits per heavy atom. The van der Waals surface area contributed by atoms with Crippen LogP contribution in [-0.4, -0.2) is 32.2 Å². The molecule has 1 heterocycles. The van der Waals surface area contributed by atoms with Crippen molar-refractivity contribution < 1.29 is 24.9 Å². The van der Waals surface area contributed by atoms with Gasteiger partial charge >= 0.3 is 11.9 Å². The monoisotopic (exact) mass is 261 g/mol. The number of aromatic nitrogens is 1. The molecule has 0 atom stereocenters. The van der Waals surface area contributed by atoms with Crippen LogP contribution in [-0.2, 0) is 16.0 Å². The molecule has 19 heavy (non-hydrogen) atoms. The van der Waals surface area contributed by atoms with Gasteiger partial charge in [-0.1, -0.05) is 12.1 Å². The first-order valence-corrected chi connectivity index (χ1v) is 5.52. The first kappa shape index (κ1) is 12.8. The average molecular weight is 261 g/mol. The molecule has 2 rings (SSSR count). The Balaban J connectivity index is 2.49. The number of pyridine rings is 1. The van der Waals surface area contributed by atoms with E-state index in [4.69, 9.17) is 10.2 Å². The van der Waals surface area contributed by atoms with E-state index >= 15 is 0 Å². The second-order valence-electron chi connectivity index (χ2n) is 4.08. The van der Waals surface area contributed by atoms with E-state index in [0.29, 0.717) is 16.5 Å². The number of aromatic hydroxyl groups is 1. The molecule has 6 nitrogen and oxygen atoms in total. The number of carboxylic acids is 2. The molecule has 0 bridgehead atoms. The van der Waals surface area contributed by atoms with Crippen LogP contribution in [0.5, 0.6) is 5.75 Å². The van der Waals surface area contributed by atoms with E-state index in [1.54, 1.807) is 12.1 Å². The predicted molar refractivity (Wildman–Crippen MR) is 65.9 cm³/mol. The largest absolute Gasteiger partial charge is 0.506 e. The minimum absolute atomic E-state index is 0.0263. The van der Waals surface area contributed by atoms with Crippen LogP contribution in [0.25, 0.3) is 10.9 Å². The van der Waals surface area contributed by atoms with Crippen LogP contribution >= 0.6 is 0 Å². The summed E-state index contributed by atoms with van der Waals surface area (Å²) in [5.41, 5.74) is 0.852. The summed E-state index contributed by atoms with van der Waals surface area (Å²) < 4.78 is 0. The van der Waals surface area contributed by atoms with Gasteiger partial charge in [0.2, 0.25) is 0 Å². The molecular weight excluding hydrogens is 250 g/mol. The van der Waals surface area contributed by atoms with Crippen LogP contribution in [0.1, 0.15) is 5.56 Å². The lowest BCUT2D eigenvalue weighted by Crippen LogP contribution is -2.25. The Morgan fingerprint density at radius 1 is 1.16 bits per heavy atom. The number of rotatable bonds is 4. The molecule has 0 fully saturated rings. The molecule has 6 heteroatoms. The van der Waals surface area contributed by atoms with Gasteiger partial charge in [-0.25, -0.2) is 0 Å². The zero-order valence-corrected chi connectivity index (χ0v) is 9.78. The van der Waals surface area contributed by atoms with Crippen molar-refractivity contribution in [3.05, 3.63) is 36.0 Å². The molecule has 0 aliphatic carbocycles. The molecule has 1 aromatic heterocycles. The van der Waals surface area contributed by atoms with Gasteiger partial charge in [-0.2, -0.15) is 0 Å². The summed E-state index contributed by atoms with van der Waals surface area (Å²) in [5, 5.41) is 28.0. The summed E-state index contributed by atoms with van der Waals surface area (Å²) in [6, 6.07) is 6.20. The Hall–Kier alpha value is -2.63. The normalized spacial score (nSPS) is 10.8. The smallest absolute Gasteiger partial charge is 0.318 e. The number of nitrogens with zero attached hydrogens (tertiary/aromatic N) is 1. The quantitative estimate of drug-likeness (QED) is 0.715. The highest BCUT2D eigenvalue weighted by Gasteiger charge is 2.26. The maximum absolute atomic E-state index is 10.9. The van der Waals surface area contributed by atoms with Crippen LogP contribution in [0.15, 0.2) is 30.5 Å². The van der Waals surface area contributed by atoms with Gasteiger partial charge in [-0.3, -0.25) is 14.6 Å². The number of fused-ring (bicyclic) bond motifs is 1. The Kier molecular flexibility index (Phi) is 3.33. The Morgan fingerprint density at radius 2 is 1.84 bits per heavy atom. The summed E-state index contributed by atoms with van der Waals surface area (Å²) in [6.07, 6.45) is 1.34. The standard InChI is InChI=1S/C13H11NO5/c15-10-4-3-7(6-9(12(16)17)13(18)19)8-2-1-5-14-11(8)10/h1-5,9,15H,6H2,(H,16,17)(H,18,19). The van der Waals surface area contributed by atoms with E-state index in [9.17, 15) is 14.7 Å². The number of phenols is 1. The van der Waals surface area contributed by atoms with Gasteiger partial charge in [0.05, 0.1) is 0 Å². The second kappa shape index (κ2) is 4.93. The van der Waals surface area contributed by atoms with Gasteiger partial charge in [0, 0.05) is 11.6 Å². The summed E-state index contributed by atoms with van der Waals surface area (Å²) in [5.74, 6) is -4.33. The van der Waals surface area contributed by atoms with Crippen molar-refractivity contribution in [1.82, 2.24) is 4.98 Å². The topological polar surface area (TPSA) is 108 Å².